The van der Waals surface area contributed by atoms with E-state index in [4.69, 9.17) is 4.42 Å². The molecule has 12 rings (SSSR count). The summed E-state index contributed by atoms with van der Waals surface area (Å²) >= 11 is 0. The molecule has 63 heavy (non-hydrogen) atoms. The molecule has 2 bridgehead atoms. The third kappa shape index (κ3) is 5.70. The van der Waals surface area contributed by atoms with Crippen molar-refractivity contribution in [2.75, 3.05) is 9.80 Å². The second kappa shape index (κ2) is 13.2. The Balaban J connectivity index is 1.13. The van der Waals surface area contributed by atoms with E-state index < -0.39 is 0 Å². The van der Waals surface area contributed by atoms with Gasteiger partial charge in [0.25, 0.3) is 6.71 Å². The van der Waals surface area contributed by atoms with E-state index in [1.807, 2.05) is 0 Å². The van der Waals surface area contributed by atoms with Crippen molar-refractivity contribution in [3.63, 3.8) is 0 Å². The van der Waals surface area contributed by atoms with Crippen molar-refractivity contribution < 1.29 is 4.42 Å². The van der Waals surface area contributed by atoms with Crippen LogP contribution in [-0.4, -0.2) is 6.71 Å². The molecule has 0 N–H and O–H groups in total. The van der Waals surface area contributed by atoms with Gasteiger partial charge < -0.3 is 14.2 Å². The fourth-order valence-corrected chi connectivity index (χ4v) is 14.5. The van der Waals surface area contributed by atoms with Crippen molar-refractivity contribution in [1.29, 1.82) is 0 Å². The molecule has 4 atom stereocenters. The monoisotopic (exact) mass is 831 g/mol. The van der Waals surface area contributed by atoms with Crippen LogP contribution in [0.15, 0.2) is 101 Å². The third-order valence-corrected chi connectivity index (χ3v) is 18.3. The van der Waals surface area contributed by atoms with E-state index in [2.05, 4.69) is 176 Å². The average Bonchev–Trinajstić information content (AvgIpc) is 3.79. The van der Waals surface area contributed by atoms with Gasteiger partial charge >= 0.3 is 0 Å². The first-order valence-electron chi connectivity index (χ1n) is 24.7. The van der Waals surface area contributed by atoms with Gasteiger partial charge in [0.2, 0.25) is 0 Å². The summed E-state index contributed by atoms with van der Waals surface area (Å²) in [4.78, 5) is 5.21. The van der Waals surface area contributed by atoms with Crippen LogP contribution in [0, 0.1) is 17.8 Å². The molecule has 2 saturated carbocycles. The highest BCUT2D eigenvalue weighted by Crippen LogP contribution is 2.57. The number of furan rings is 1. The van der Waals surface area contributed by atoms with Crippen molar-refractivity contribution in [1.82, 2.24) is 0 Å². The Morgan fingerprint density at radius 2 is 1.24 bits per heavy atom. The molecule has 3 heterocycles. The van der Waals surface area contributed by atoms with Crippen molar-refractivity contribution in [2.45, 2.75) is 154 Å². The zero-order valence-corrected chi connectivity index (χ0v) is 39.7. The molecule has 3 nitrogen and oxygen atoms in total. The van der Waals surface area contributed by atoms with E-state index >= 15 is 0 Å². The topological polar surface area (TPSA) is 19.6 Å². The summed E-state index contributed by atoms with van der Waals surface area (Å²) in [5.41, 5.74) is 20.3. The van der Waals surface area contributed by atoms with Crippen LogP contribution in [0.5, 0.6) is 0 Å². The molecule has 4 aliphatic carbocycles. The maximum Gasteiger partial charge on any atom is 0.297 e. The maximum atomic E-state index is 7.46. The zero-order valence-electron chi connectivity index (χ0n) is 39.7. The largest absolute Gasteiger partial charge is 0.468 e. The Morgan fingerprint density at radius 3 is 1.94 bits per heavy atom. The van der Waals surface area contributed by atoms with Crippen LogP contribution in [0.2, 0.25) is 0 Å². The number of hydrogen-bond donors (Lipinski definition) is 0. The molecular weight excluding hydrogens is 763 g/mol. The predicted molar refractivity (Wildman–Crippen MR) is 267 cm³/mol. The highest BCUT2D eigenvalue weighted by Gasteiger charge is 2.50. The highest BCUT2D eigenvalue weighted by molar-refractivity contribution is 7.00. The minimum atomic E-state index is -0.0566. The quantitative estimate of drug-likeness (QED) is 0.165. The number of rotatable bonds is 4. The molecule has 0 saturated heterocycles. The van der Waals surface area contributed by atoms with Crippen molar-refractivity contribution in [3.05, 3.63) is 125 Å². The summed E-state index contributed by atoms with van der Waals surface area (Å²) in [6.45, 7) is 24.7. The standard InChI is InChI=1S/C59H67BN2O/c1-11-37-28-36-29-38(37)35-59(10,34-36)39-20-23-51-42(30-39)53-54(63-51)60-47-32-45-46(58(8,9)27-26-57(45,6)7)33-50(47)61(41-21-22-43-44(31-41)56(4,5)25-24-55(43,2)3)48-18-15-19-49(52(48)60)62(53)40-16-13-12-14-17-40/h12-23,30-33,36-38H,11,24-29,34-35H2,1-10H3. The molecule has 6 aliphatic rings. The molecule has 2 fully saturated rings. The minimum Gasteiger partial charge on any atom is -0.468 e. The highest BCUT2D eigenvalue weighted by atomic mass is 16.3. The molecule has 5 aromatic carbocycles. The second-order valence-corrected chi connectivity index (χ2v) is 24.1. The van der Waals surface area contributed by atoms with Gasteiger partial charge in [0.1, 0.15) is 5.58 Å². The Hall–Kier alpha value is -4.70. The van der Waals surface area contributed by atoms with Gasteiger partial charge in [0.05, 0.1) is 11.3 Å². The zero-order chi connectivity index (χ0) is 43.6. The first-order valence-corrected chi connectivity index (χ1v) is 24.7. The number of fused-ring (bicyclic) bond motifs is 10. The molecular formula is C59H67BN2O. The predicted octanol–water partition coefficient (Wildman–Crippen LogP) is 14.3. The summed E-state index contributed by atoms with van der Waals surface area (Å²) < 4.78 is 7.46. The number of para-hydroxylation sites is 1. The van der Waals surface area contributed by atoms with Gasteiger partial charge in [-0.2, -0.15) is 0 Å². The lowest BCUT2D eigenvalue weighted by Gasteiger charge is -2.47. The summed E-state index contributed by atoms with van der Waals surface area (Å²) in [7, 11) is 0. The van der Waals surface area contributed by atoms with E-state index in [9.17, 15) is 0 Å². The Labute approximate surface area is 377 Å². The van der Waals surface area contributed by atoms with Crippen LogP contribution in [-0.2, 0) is 27.1 Å². The third-order valence-electron chi connectivity index (χ3n) is 18.3. The first kappa shape index (κ1) is 39.9. The summed E-state index contributed by atoms with van der Waals surface area (Å²) in [5, 5.41) is 1.25. The Kier molecular flexibility index (Phi) is 8.35. The normalized spacial score (nSPS) is 26.4. The van der Waals surface area contributed by atoms with Gasteiger partial charge in [-0.3, -0.25) is 0 Å². The molecule has 4 heteroatoms. The average molecular weight is 831 g/mol. The molecule has 1 aromatic heterocycles. The van der Waals surface area contributed by atoms with Crippen LogP contribution < -0.4 is 26.4 Å². The lowest BCUT2D eigenvalue weighted by atomic mass is 9.35. The fourth-order valence-electron chi connectivity index (χ4n) is 14.5. The fraction of sp³-hybridized carbons (Fsp3) is 0.458. The van der Waals surface area contributed by atoms with Crippen molar-refractivity contribution >= 4 is 68.4 Å². The Bertz CT molecular complexity index is 2860. The lowest BCUT2D eigenvalue weighted by Crippen LogP contribution is -2.61. The Morgan fingerprint density at radius 1 is 0.587 bits per heavy atom. The van der Waals surface area contributed by atoms with Gasteiger partial charge in [-0.05, 0) is 190 Å². The van der Waals surface area contributed by atoms with Gasteiger partial charge in [-0.1, -0.05) is 118 Å². The number of anilines is 6. The molecule has 0 radical (unpaired) electrons. The van der Waals surface area contributed by atoms with Gasteiger partial charge in [0.15, 0.2) is 0 Å². The SMILES string of the molecule is CCC1CC2CC1CC(C)(c1ccc3oc4c(c3c1)N(c1ccccc1)c1cccc3c1B4c1cc4c(cc1N3c1ccc3c(c1)C(C)(C)CCC3(C)C)C(C)(C)CCC4(C)C)C2. The van der Waals surface area contributed by atoms with Gasteiger partial charge in [-0.25, -0.2) is 0 Å². The first-order chi connectivity index (χ1) is 30.0. The number of benzene rings is 5. The van der Waals surface area contributed by atoms with Crippen LogP contribution in [0.4, 0.5) is 34.1 Å². The number of hydrogen-bond acceptors (Lipinski definition) is 3. The minimum absolute atomic E-state index is 0.0566. The van der Waals surface area contributed by atoms with Crippen LogP contribution in [0.25, 0.3) is 11.0 Å². The molecule has 0 amide bonds. The van der Waals surface area contributed by atoms with Crippen molar-refractivity contribution in [2.24, 2.45) is 17.8 Å². The maximum absolute atomic E-state index is 7.46. The molecule has 6 aromatic rings. The van der Waals surface area contributed by atoms with Crippen LogP contribution >= 0.6 is 0 Å². The van der Waals surface area contributed by atoms with E-state index in [-0.39, 0.29) is 33.8 Å². The molecule has 0 spiro atoms. The van der Waals surface area contributed by atoms with Crippen LogP contribution in [0.3, 0.4) is 0 Å². The van der Waals surface area contributed by atoms with E-state index in [0.717, 1.165) is 29.0 Å². The van der Waals surface area contributed by atoms with E-state index in [0.29, 0.717) is 0 Å². The van der Waals surface area contributed by atoms with Crippen molar-refractivity contribution in [3.8, 4) is 0 Å². The molecule has 2 aliphatic heterocycles. The summed E-state index contributed by atoms with van der Waals surface area (Å²) in [6.07, 6.45) is 11.5. The smallest absolute Gasteiger partial charge is 0.297 e. The summed E-state index contributed by atoms with van der Waals surface area (Å²) in [6, 6.07) is 38.3. The second-order valence-electron chi connectivity index (χ2n) is 24.1. The van der Waals surface area contributed by atoms with E-state index in [1.54, 1.807) is 0 Å². The van der Waals surface area contributed by atoms with E-state index in [1.165, 1.54) is 136 Å². The molecule has 322 valence electrons. The van der Waals surface area contributed by atoms with Crippen LogP contribution in [0.1, 0.15) is 155 Å². The summed E-state index contributed by atoms with van der Waals surface area (Å²) in [5.74, 6) is 2.56. The van der Waals surface area contributed by atoms with Gasteiger partial charge in [-0.15, -0.1) is 0 Å². The lowest BCUT2D eigenvalue weighted by molar-refractivity contribution is 0.216. The number of nitrogens with zero attached hydrogens (tertiary/aromatic N) is 2. The van der Waals surface area contributed by atoms with Gasteiger partial charge in [0, 0.05) is 33.8 Å². The molecule has 4 unspecified atom stereocenters.